The maximum atomic E-state index is 13.4. The number of carboxylic acid groups (broad SMARTS) is 1. The van der Waals surface area contributed by atoms with Crippen LogP contribution in [0, 0.1) is 0 Å². The molecule has 1 saturated carbocycles. The van der Waals surface area contributed by atoms with Crippen molar-refractivity contribution in [3.8, 4) is 17.2 Å². The van der Waals surface area contributed by atoms with Gasteiger partial charge in [-0.15, -0.1) is 0 Å². The molecule has 1 aliphatic rings. The zero-order valence-electron chi connectivity index (χ0n) is 20.4. The lowest BCUT2D eigenvalue weighted by molar-refractivity contribution is -0.136. The molecule has 0 aromatic heterocycles. The average molecular weight is 578 g/mol. The van der Waals surface area contributed by atoms with E-state index in [4.69, 9.17) is 37.8 Å². The van der Waals surface area contributed by atoms with Crippen molar-refractivity contribution in [1.29, 1.82) is 0 Å². The SMILES string of the molecule is COc1cc(CC(=O)O)ccc1Oc1ccc(C(=O)NC2CCC2)cc1CS(=O)(=O)c1ccc(Cl)cc1Cl. The Balaban J connectivity index is 1.71. The first kappa shape index (κ1) is 27.8. The van der Waals surface area contributed by atoms with E-state index < -0.39 is 21.6 Å². The lowest BCUT2D eigenvalue weighted by Crippen LogP contribution is -2.39. The number of hydrogen-bond acceptors (Lipinski definition) is 6. The van der Waals surface area contributed by atoms with Crippen LogP contribution >= 0.6 is 23.2 Å². The summed E-state index contributed by atoms with van der Waals surface area (Å²) >= 11 is 12.1. The summed E-state index contributed by atoms with van der Waals surface area (Å²) in [4.78, 5) is 23.8. The Kier molecular flexibility index (Phi) is 8.50. The molecule has 0 unspecified atom stereocenters. The number of amides is 1. The van der Waals surface area contributed by atoms with E-state index in [0.717, 1.165) is 19.3 Å². The third kappa shape index (κ3) is 6.59. The average Bonchev–Trinajstić information content (AvgIpc) is 2.82. The van der Waals surface area contributed by atoms with Gasteiger partial charge in [-0.25, -0.2) is 8.42 Å². The molecule has 38 heavy (non-hydrogen) atoms. The number of benzene rings is 3. The molecule has 200 valence electrons. The minimum Gasteiger partial charge on any atom is -0.493 e. The van der Waals surface area contributed by atoms with Crippen LogP contribution in [0.3, 0.4) is 0 Å². The normalized spacial score (nSPS) is 13.4. The molecule has 0 atom stereocenters. The Morgan fingerprint density at radius 1 is 1.00 bits per heavy atom. The standard InChI is InChI=1S/C27H25Cl2NO7S/c1-36-24-11-16(12-26(31)32)5-8-23(24)37-22-9-6-17(27(33)30-20-3-2-4-20)13-18(22)15-38(34,35)25-10-7-19(28)14-21(25)29/h5-11,13-14,20H,2-4,12,15H2,1H3,(H,30,33)(H,31,32). The molecule has 0 saturated heterocycles. The largest absolute Gasteiger partial charge is 0.493 e. The van der Waals surface area contributed by atoms with Gasteiger partial charge in [0.1, 0.15) is 5.75 Å². The smallest absolute Gasteiger partial charge is 0.307 e. The summed E-state index contributed by atoms with van der Waals surface area (Å²) in [5.41, 5.74) is 1.03. The molecule has 8 nitrogen and oxygen atoms in total. The van der Waals surface area contributed by atoms with E-state index in [-0.39, 0.29) is 51.1 Å². The molecule has 2 N–H and O–H groups in total. The van der Waals surface area contributed by atoms with Crippen molar-refractivity contribution < 1.29 is 32.6 Å². The van der Waals surface area contributed by atoms with Gasteiger partial charge in [0.15, 0.2) is 21.3 Å². The Hall–Kier alpha value is -3.27. The highest BCUT2D eigenvalue weighted by Crippen LogP contribution is 2.36. The van der Waals surface area contributed by atoms with Gasteiger partial charge in [0.2, 0.25) is 0 Å². The first-order valence-electron chi connectivity index (χ1n) is 11.7. The molecule has 4 rings (SSSR count). The highest BCUT2D eigenvalue weighted by molar-refractivity contribution is 7.90. The monoisotopic (exact) mass is 577 g/mol. The van der Waals surface area contributed by atoms with Gasteiger partial charge in [-0.1, -0.05) is 29.3 Å². The summed E-state index contributed by atoms with van der Waals surface area (Å²) in [5, 5.41) is 12.3. The van der Waals surface area contributed by atoms with Gasteiger partial charge < -0.3 is 19.9 Å². The molecule has 0 heterocycles. The Morgan fingerprint density at radius 2 is 1.74 bits per heavy atom. The number of hydrogen-bond donors (Lipinski definition) is 2. The van der Waals surface area contributed by atoms with Gasteiger partial charge in [-0.3, -0.25) is 9.59 Å². The lowest BCUT2D eigenvalue weighted by Gasteiger charge is -2.26. The summed E-state index contributed by atoms with van der Waals surface area (Å²) in [5.74, 6) is -1.11. The zero-order valence-corrected chi connectivity index (χ0v) is 22.7. The predicted octanol–water partition coefficient (Wildman–Crippen LogP) is 5.68. The fourth-order valence-corrected chi connectivity index (χ4v) is 6.15. The van der Waals surface area contributed by atoms with Crippen LogP contribution in [0.25, 0.3) is 0 Å². The van der Waals surface area contributed by atoms with Crippen LogP contribution in [0.1, 0.15) is 40.7 Å². The number of rotatable bonds is 10. The summed E-state index contributed by atoms with van der Waals surface area (Å²) < 4.78 is 38.1. The highest BCUT2D eigenvalue weighted by atomic mass is 35.5. The molecule has 0 radical (unpaired) electrons. The second-order valence-corrected chi connectivity index (χ2v) is 11.7. The van der Waals surface area contributed by atoms with Gasteiger partial charge in [0, 0.05) is 22.2 Å². The van der Waals surface area contributed by atoms with E-state index in [0.29, 0.717) is 16.1 Å². The van der Waals surface area contributed by atoms with Crippen LogP contribution in [-0.2, 0) is 26.8 Å². The van der Waals surface area contributed by atoms with Gasteiger partial charge in [-0.2, -0.15) is 0 Å². The minimum atomic E-state index is -3.97. The first-order chi connectivity index (χ1) is 18.1. The molecule has 1 fully saturated rings. The van der Waals surface area contributed by atoms with E-state index in [1.165, 1.54) is 43.5 Å². The maximum absolute atomic E-state index is 13.4. The number of ether oxygens (including phenoxy) is 2. The molecule has 0 spiro atoms. The van der Waals surface area contributed by atoms with Crippen LogP contribution in [-0.4, -0.2) is 38.6 Å². The first-order valence-corrected chi connectivity index (χ1v) is 14.1. The van der Waals surface area contributed by atoms with Crippen LogP contribution < -0.4 is 14.8 Å². The van der Waals surface area contributed by atoms with Crippen molar-refractivity contribution in [3.63, 3.8) is 0 Å². The second-order valence-electron chi connectivity index (χ2n) is 8.92. The molecule has 3 aromatic rings. The van der Waals surface area contributed by atoms with Gasteiger partial charge in [-0.05, 0) is 73.4 Å². The van der Waals surface area contributed by atoms with Crippen LogP contribution in [0.15, 0.2) is 59.5 Å². The van der Waals surface area contributed by atoms with E-state index >= 15 is 0 Å². The van der Waals surface area contributed by atoms with Gasteiger partial charge in [0.25, 0.3) is 5.91 Å². The lowest BCUT2D eigenvalue weighted by atomic mass is 9.93. The van der Waals surface area contributed by atoms with E-state index in [9.17, 15) is 18.0 Å². The summed E-state index contributed by atoms with van der Waals surface area (Å²) in [6.45, 7) is 0. The van der Waals surface area contributed by atoms with Crippen molar-refractivity contribution in [2.24, 2.45) is 0 Å². The van der Waals surface area contributed by atoms with Crippen LogP contribution in [0.2, 0.25) is 10.0 Å². The number of carboxylic acids is 1. The molecule has 0 bridgehead atoms. The van der Waals surface area contributed by atoms with Crippen molar-refractivity contribution in [2.45, 2.75) is 42.4 Å². The third-order valence-electron chi connectivity index (χ3n) is 6.14. The fourth-order valence-electron chi connectivity index (χ4n) is 3.96. The number of methoxy groups -OCH3 is 1. The summed E-state index contributed by atoms with van der Waals surface area (Å²) in [7, 11) is -2.56. The Morgan fingerprint density at radius 3 is 2.37 bits per heavy atom. The number of aliphatic carboxylic acids is 1. The molecule has 1 aliphatic carbocycles. The number of nitrogens with one attached hydrogen (secondary N) is 1. The molecule has 0 aliphatic heterocycles. The number of carbonyl (C=O) groups excluding carboxylic acids is 1. The highest BCUT2D eigenvalue weighted by Gasteiger charge is 2.25. The third-order valence-corrected chi connectivity index (χ3v) is 8.52. The molecule has 3 aromatic carbocycles. The molecule has 1 amide bonds. The predicted molar refractivity (Wildman–Crippen MR) is 143 cm³/mol. The minimum absolute atomic E-state index is 0.0189. The van der Waals surface area contributed by atoms with E-state index in [1.54, 1.807) is 18.2 Å². The van der Waals surface area contributed by atoms with Crippen molar-refractivity contribution in [2.75, 3.05) is 7.11 Å². The number of sulfone groups is 1. The second kappa shape index (κ2) is 11.6. The number of carbonyl (C=O) groups is 2. The maximum Gasteiger partial charge on any atom is 0.307 e. The van der Waals surface area contributed by atoms with Crippen molar-refractivity contribution in [1.82, 2.24) is 5.32 Å². The van der Waals surface area contributed by atoms with Crippen molar-refractivity contribution in [3.05, 3.63) is 81.3 Å². The molecular weight excluding hydrogens is 553 g/mol. The topological polar surface area (TPSA) is 119 Å². The summed E-state index contributed by atoms with van der Waals surface area (Å²) in [6, 6.07) is 13.4. The van der Waals surface area contributed by atoms with Crippen LogP contribution in [0.4, 0.5) is 0 Å². The Bertz CT molecular complexity index is 1490. The van der Waals surface area contributed by atoms with E-state index in [2.05, 4.69) is 5.32 Å². The van der Waals surface area contributed by atoms with E-state index in [1.807, 2.05) is 0 Å². The quantitative estimate of drug-likeness (QED) is 0.318. The number of halogens is 2. The molecule has 11 heteroatoms. The van der Waals surface area contributed by atoms with Gasteiger partial charge >= 0.3 is 5.97 Å². The zero-order chi connectivity index (χ0) is 27.4. The van der Waals surface area contributed by atoms with Gasteiger partial charge in [0.05, 0.1) is 29.2 Å². The van der Waals surface area contributed by atoms with Crippen molar-refractivity contribution >= 4 is 44.9 Å². The van der Waals surface area contributed by atoms with Crippen LogP contribution in [0.5, 0.6) is 17.2 Å². The fraction of sp³-hybridized carbons (Fsp3) is 0.259. The molecular formula is C27H25Cl2NO7S. The Labute approximate surface area is 230 Å². The summed E-state index contributed by atoms with van der Waals surface area (Å²) in [6.07, 6.45) is 2.66.